The van der Waals surface area contributed by atoms with Crippen LogP contribution in [0.25, 0.3) is 5.13 Å². The highest BCUT2D eigenvalue weighted by Gasteiger charge is 2.11. The number of hydrogen-bond acceptors (Lipinski definition) is 5. The Labute approximate surface area is 151 Å². The summed E-state index contributed by atoms with van der Waals surface area (Å²) < 4.78 is 7.61. The number of halogens is 1. The van der Waals surface area contributed by atoms with Crippen LogP contribution < -0.4 is 10.1 Å². The molecular formula is C16H15BrN4O2S. The summed E-state index contributed by atoms with van der Waals surface area (Å²) in [6.45, 7) is 0.505. The van der Waals surface area contributed by atoms with Crippen LogP contribution in [0.2, 0.25) is 0 Å². The fourth-order valence-electron chi connectivity index (χ4n) is 2.10. The van der Waals surface area contributed by atoms with Crippen LogP contribution in [0.1, 0.15) is 16.1 Å². The Morgan fingerprint density at radius 3 is 3.08 bits per heavy atom. The summed E-state index contributed by atoms with van der Waals surface area (Å²) in [6, 6.07) is 7.16. The second-order valence-electron chi connectivity index (χ2n) is 4.92. The number of rotatable bonds is 6. The first-order chi connectivity index (χ1) is 11.7. The molecule has 0 saturated heterocycles. The van der Waals surface area contributed by atoms with Crippen molar-refractivity contribution in [3.8, 4) is 10.9 Å². The minimum Gasteiger partial charge on any atom is -0.497 e. The van der Waals surface area contributed by atoms with Crippen molar-refractivity contribution in [2.75, 3.05) is 13.7 Å². The highest BCUT2D eigenvalue weighted by Crippen LogP contribution is 2.22. The van der Waals surface area contributed by atoms with E-state index in [1.807, 2.05) is 17.6 Å². The van der Waals surface area contributed by atoms with Gasteiger partial charge >= 0.3 is 0 Å². The Kier molecular flexibility index (Phi) is 5.27. The van der Waals surface area contributed by atoms with Gasteiger partial charge in [0, 0.05) is 35.2 Å². The van der Waals surface area contributed by atoms with Gasteiger partial charge in [0.25, 0.3) is 5.91 Å². The number of nitrogens with one attached hydrogen (secondary N) is 1. The van der Waals surface area contributed by atoms with Gasteiger partial charge in [-0.1, -0.05) is 0 Å². The van der Waals surface area contributed by atoms with Crippen molar-refractivity contribution in [2.24, 2.45) is 0 Å². The first-order valence-corrected chi connectivity index (χ1v) is 8.91. The average molecular weight is 407 g/mol. The fourth-order valence-corrected chi connectivity index (χ4v) is 3.33. The number of amides is 1. The number of methoxy groups -OCH3 is 1. The SMILES string of the molecule is COc1ccc(Br)c(C(=O)NCCc2csc(-n3cccn3)n2)c1. The van der Waals surface area contributed by atoms with E-state index in [9.17, 15) is 4.79 Å². The molecule has 0 aliphatic carbocycles. The van der Waals surface area contributed by atoms with Gasteiger partial charge in [-0.15, -0.1) is 11.3 Å². The van der Waals surface area contributed by atoms with Crippen molar-refractivity contribution in [1.29, 1.82) is 0 Å². The van der Waals surface area contributed by atoms with E-state index in [1.165, 1.54) is 11.3 Å². The summed E-state index contributed by atoms with van der Waals surface area (Å²) in [5.41, 5.74) is 1.47. The topological polar surface area (TPSA) is 69.0 Å². The average Bonchev–Trinajstić information content (AvgIpc) is 3.26. The van der Waals surface area contributed by atoms with Gasteiger partial charge in [-0.05, 0) is 40.2 Å². The predicted molar refractivity (Wildman–Crippen MR) is 96.0 cm³/mol. The molecule has 2 aromatic heterocycles. The molecule has 0 fully saturated rings. The van der Waals surface area contributed by atoms with Crippen LogP contribution in [0.15, 0.2) is 46.5 Å². The van der Waals surface area contributed by atoms with Crippen LogP contribution in [0, 0.1) is 0 Å². The number of carbonyl (C=O) groups excluding carboxylic acids is 1. The molecule has 124 valence electrons. The maximum Gasteiger partial charge on any atom is 0.252 e. The molecule has 0 bridgehead atoms. The van der Waals surface area contributed by atoms with Gasteiger partial charge < -0.3 is 10.1 Å². The molecule has 0 unspecified atom stereocenters. The van der Waals surface area contributed by atoms with E-state index in [1.54, 1.807) is 36.2 Å². The lowest BCUT2D eigenvalue weighted by Crippen LogP contribution is -2.26. The lowest BCUT2D eigenvalue weighted by atomic mass is 10.2. The monoisotopic (exact) mass is 406 g/mol. The number of nitrogens with zero attached hydrogens (tertiary/aromatic N) is 3. The van der Waals surface area contributed by atoms with E-state index in [2.05, 4.69) is 31.3 Å². The molecule has 1 amide bonds. The summed E-state index contributed by atoms with van der Waals surface area (Å²) in [5.74, 6) is 0.495. The lowest BCUT2D eigenvalue weighted by molar-refractivity contribution is 0.0953. The van der Waals surface area contributed by atoms with E-state index >= 15 is 0 Å². The Hall–Kier alpha value is -2.19. The largest absolute Gasteiger partial charge is 0.497 e. The normalized spacial score (nSPS) is 10.6. The van der Waals surface area contributed by atoms with Crippen LogP contribution >= 0.6 is 27.3 Å². The molecule has 6 nitrogen and oxygen atoms in total. The van der Waals surface area contributed by atoms with Gasteiger partial charge in [-0.25, -0.2) is 9.67 Å². The van der Waals surface area contributed by atoms with Crippen molar-refractivity contribution in [3.63, 3.8) is 0 Å². The minimum atomic E-state index is -0.150. The van der Waals surface area contributed by atoms with E-state index in [0.29, 0.717) is 24.3 Å². The highest BCUT2D eigenvalue weighted by molar-refractivity contribution is 9.10. The summed E-state index contributed by atoms with van der Waals surface area (Å²) in [4.78, 5) is 16.8. The van der Waals surface area contributed by atoms with Crippen molar-refractivity contribution >= 4 is 33.2 Å². The van der Waals surface area contributed by atoms with Crippen LogP contribution in [0.3, 0.4) is 0 Å². The van der Waals surface area contributed by atoms with E-state index in [4.69, 9.17) is 4.74 Å². The predicted octanol–water partition coefficient (Wildman–Crippen LogP) is 3.07. The second kappa shape index (κ2) is 7.59. The van der Waals surface area contributed by atoms with Gasteiger partial charge in [-0.2, -0.15) is 5.10 Å². The number of benzene rings is 1. The number of carbonyl (C=O) groups is 1. The van der Waals surface area contributed by atoms with Gasteiger partial charge in [-0.3, -0.25) is 4.79 Å². The van der Waals surface area contributed by atoms with E-state index < -0.39 is 0 Å². The summed E-state index contributed by atoms with van der Waals surface area (Å²) in [5, 5.41) is 9.85. The van der Waals surface area contributed by atoms with Gasteiger partial charge in [0.15, 0.2) is 0 Å². The molecule has 2 heterocycles. The molecule has 8 heteroatoms. The van der Waals surface area contributed by atoms with Crippen LogP contribution in [0.5, 0.6) is 5.75 Å². The van der Waals surface area contributed by atoms with Crippen LogP contribution in [-0.2, 0) is 6.42 Å². The van der Waals surface area contributed by atoms with Crippen molar-refractivity contribution in [3.05, 3.63) is 57.8 Å². The lowest BCUT2D eigenvalue weighted by Gasteiger charge is -2.08. The van der Waals surface area contributed by atoms with Gasteiger partial charge in [0.2, 0.25) is 5.13 Å². The zero-order valence-corrected chi connectivity index (χ0v) is 15.3. The molecule has 0 aliphatic heterocycles. The molecule has 0 atom stereocenters. The molecule has 24 heavy (non-hydrogen) atoms. The van der Waals surface area contributed by atoms with Crippen molar-refractivity contribution < 1.29 is 9.53 Å². The first-order valence-electron chi connectivity index (χ1n) is 7.23. The molecule has 0 saturated carbocycles. The molecular weight excluding hydrogens is 392 g/mol. The Morgan fingerprint density at radius 2 is 2.33 bits per heavy atom. The molecule has 0 radical (unpaired) electrons. The third-order valence-electron chi connectivity index (χ3n) is 3.32. The number of thiazole rings is 1. The summed E-state index contributed by atoms with van der Waals surface area (Å²) in [7, 11) is 1.57. The zero-order chi connectivity index (χ0) is 16.9. The number of ether oxygens (including phenoxy) is 1. The van der Waals surface area contributed by atoms with Crippen LogP contribution in [-0.4, -0.2) is 34.3 Å². The molecule has 1 aromatic carbocycles. The molecule has 3 rings (SSSR count). The maximum atomic E-state index is 12.3. The van der Waals surface area contributed by atoms with E-state index in [-0.39, 0.29) is 5.91 Å². The molecule has 0 spiro atoms. The number of aromatic nitrogens is 3. The second-order valence-corrected chi connectivity index (χ2v) is 6.61. The van der Waals surface area contributed by atoms with Gasteiger partial charge in [0.05, 0.1) is 18.4 Å². The highest BCUT2D eigenvalue weighted by atomic mass is 79.9. The summed E-state index contributed by atoms with van der Waals surface area (Å²) in [6.07, 6.45) is 4.23. The minimum absolute atomic E-state index is 0.150. The van der Waals surface area contributed by atoms with Crippen LogP contribution in [0.4, 0.5) is 0 Å². The van der Waals surface area contributed by atoms with Crippen molar-refractivity contribution in [1.82, 2.24) is 20.1 Å². The van der Waals surface area contributed by atoms with Crippen molar-refractivity contribution in [2.45, 2.75) is 6.42 Å². The maximum absolute atomic E-state index is 12.3. The third-order valence-corrected chi connectivity index (χ3v) is 4.90. The summed E-state index contributed by atoms with van der Waals surface area (Å²) >= 11 is 4.91. The third kappa shape index (κ3) is 3.82. The molecule has 0 aliphatic rings. The zero-order valence-electron chi connectivity index (χ0n) is 12.9. The standard InChI is InChI=1S/C16H15BrN4O2S/c1-23-12-3-4-14(17)13(9-12)15(22)18-7-5-11-10-24-16(20-11)21-8-2-6-19-21/h2-4,6,8-10H,5,7H2,1H3,(H,18,22). The fraction of sp³-hybridized carbons (Fsp3) is 0.188. The smallest absolute Gasteiger partial charge is 0.252 e. The Balaban J connectivity index is 1.57. The first kappa shape index (κ1) is 16.7. The van der Waals surface area contributed by atoms with Gasteiger partial charge in [0.1, 0.15) is 5.75 Å². The molecule has 1 N–H and O–H groups in total. The Morgan fingerprint density at radius 1 is 1.46 bits per heavy atom. The quantitative estimate of drug-likeness (QED) is 0.682. The number of hydrogen-bond donors (Lipinski definition) is 1. The molecule has 3 aromatic rings. The van der Waals surface area contributed by atoms with E-state index in [0.717, 1.165) is 15.3 Å². The Bertz CT molecular complexity index is 832.